The highest BCUT2D eigenvalue weighted by Crippen LogP contribution is 2.29. The zero-order chi connectivity index (χ0) is 14.4. The quantitative estimate of drug-likeness (QED) is 0.597. The molecule has 1 unspecified atom stereocenters. The molecule has 20 heavy (non-hydrogen) atoms. The Bertz CT molecular complexity index is 422. The van der Waals surface area contributed by atoms with E-state index in [9.17, 15) is 0 Å². The summed E-state index contributed by atoms with van der Waals surface area (Å²) in [6.07, 6.45) is 7.76. The molecule has 0 bridgehead atoms. The van der Waals surface area contributed by atoms with Gasteiger partial charge in [0.1, 0.15) is 0 Å². The van der Waals surface area contributed by atoms with Crippen molar-refractivity contribution < 1.29 is 0 Å². The van der Waals surface area contributed by atoms with Gasteiger partial charge in [-0.2, -0.15) is 11.8 Å². The van der Waals surface area contributed by atoms with Crippen LogP contribution in [0, 0.1) is 0 Å². The first-order valence-corrected chi connectivity index (χ1v) is 9.01. The first-order valence-electron chi connectivity index (χ1n) is 7.20. The largest absolute Gasteiger partial charge is 0.271 e. The lowest BCUT2D eigenvalue weighted by molar-refractivity contribution is 0.513. The van der Waals surface area contributed by atoms with Crippen molar-refractivity contribution in [3.8, 4) is 0 Å². The van der Waals surface area contributed by atoms with Crippen LogP contribution in [0.5, 0.6) is 0 Å². The van der Waals surface area contributed by atoms with E-state index in [1.54, 1.807) is 0 Å². The summed E-state index contributed by atoms with van der Waals surface area (Å²) in [5.41, 5.74) is 4.10. The number of thioether (sulfide) groups is 1. The van der Waals surface area contributed by atoms with Crippen molar-refractivity contribution in [2.24, 2.45) is 5.84 Å². The summed E-state index contributed by atoms with van der Waals surface area (Å²) in [6.45, 7) is 0. The van der Waals surface area contributed by atoms with Gasteiger partial charge in [-0.05, 0) is 37.0 Å². The molecular formula is C15H22Cl2N2S. The normalized spacial score (nSPS) is 18.1. The van der Waals surface area contributed by atoms with Gasteiger partial charge in [0, 0.05) is 17.0 Å². The van der Waals surface area contributed by atoms with Crippen LogP contribution in [0.3, 0.4) is 0 Å². The molecule has 1 aromatic rings. The van der Waals surface area contributed by atoms with E-state index in [-0.39, 0.29) is 6.04 Å². The smallest absolute Gasteiger partial charge is 0.0595 e. The monoisotopic (exact) mass is 332 g/mol. The number of benzene rings is 1. The van der Waals surface area contributed by atoms with Crippen LogP contribution >= 0.6 is 35.0 Å². The molecule has 0 saturated heterocycles. The van der Waals surface area contributed by atoms with Gasteiger partial charge in [-0.1, -0.05) is 48.5 Å². The Morgan fingerprint density at radius 3 is 2.60 bits per heavy atom. The third-order valence-electron chi connectivity index (χ3n) is 3.79. The minimum absolute atomic E-state index is 0.277. The third-order valence-corrected chi connectivity index (χ3v) is 6.06. The van der Waals surface area contributed by atoms with Gasteiger partial charge in [0.2, 0.25) is 0 Å². The second-order valence-electron chi connectivity index (χ2n) is 5.41. The van der Waals surface area contributed by atoms with Crippen LogP contribution in [-0.2, 0) is 6.42 Å². The van der Waals surface area contributed by atoms with Crippen molar-refractivity contribution in [2.45, 2.75) is 49.8 Å². The predicted octanol–water partition coefficient (Wildman–Crippen LogP) is 4.43. The van der Waals surface area contributed by atoms with Crippen molar-refractivity contribution in [3.63, 3.8) is 0 Å². The van der Waals surface area contributed by atoms with Crippen molar-refractivity contribution in [3.05, 3.63) is 33.8 Å². The molecule has 0 amide bonds. The van der Waals surface area contributed by atoms with Gasteiger partial charge in [0.05, 0.1) is 10.0 Å². The maximum atomic E-state index is 6.05. The highest BCUT2D eigenvalue weighted by molar-refractivity contribution is 7.99. The summed E-state index contributed by atoms with van der Waals surface area (Å²) >= 11 is 14.0. The van der Waals surface area contributed by atoms with E-state index >= 15 is 0 Å². The number of hydrazine groups is 1. The molecule has 0 radical (unpaired) electrons. The van der Waals surface area contributed by atoms with Crippen LogP contribution in [0.2, 0.25) is 10.0 Å². The fourth-order valence-corrected chi connectivity index (χ4v) is 4.31. The summed E-state index contributed by atoms with van der Waals surface area (Å²) < 4.78 is 0. The van der Waals surface area contributed by atoms with Crippen molar-refractivity contribution in [2.75, 3.05) is 5.75 Å². The summed E-state index contributed by atoms with van der Waals surface area (Å²) in [4.78, 5) is 0. The first kappa shape index (κ1) is 16.4. The van der Waals surface area contributed by atoms with Gasteiger partial charge in [-0.25, -0.2) is 0 Å². The number of nitrogens with two attached hydrogens (primary N) is 1. The Hall–Kier alpha value is 0.0700. The molecule has 1 saturated carbocycles. The lowest BCUT2D eigenvalue weighted by Crippen LogP contribution is -2.39. The second kappa shape index (κ2) is 8.50. The highest BCUT2D eigenvalue weighted by Gasteiger charge is 2.16. The van der Waals surface area contributed by atoms with Crippen molar-refractivity contribution >= 4 is 35.0 Å². The third kappa shape index (κ3) is 5.12. The number of nitrogens with one attached hydrogen (secondary N) is 1. The molecule has 1 aliphatic carbocycles. The molecule has 0 aromatic heterocycles. The standard InChI is InChI=1S/C15H22Cl2N2S/c16-14-7-6-11(9-15(14)17)8-12(19-18)10-20-13-4-2-1-3-5-13/h6-7,9,12-13,19H,1-5,8,10,18H2. The average Bonchev–Trinajstić information content (AvgIpc) is 2.48. The molecule has 1 aromatic carbocycles. The summed E-state index contributed by atoms with van der Waals surface area (Å²) in [5.74, 6) is 6.72. The molecule has 1 atom stereocenters. The van der Waals surface area contributed by atoms with Gasteiger partial charge in [0.25, 0.3) is 0 Å². The first-order chi connectivity index (χ1) is 9.69. The van der Waals surface area contributed by atoms with Crippen LogP contribution in [0.25, 0.3) is 0 Å². The van der Waals surface area contributed by atoms with Gasteiger partial charge < -0.3 is 0 Å². The van der Waals surface area contributed by atoms with Crippen LogP contribution < -0.4 is 11.3 Å². The fraction of sp³-hybridized carbons (Fsp3) is 0.600. The van der Waals surface area contributed by atoms with Gasteiger partial charge >= 0.3 is 0 Å². The zero-order valence-electron chi connectivity index (χ0n) is 11.6. The van der Waals surface area contributed by atoms with E-state index in [0.29, 0.717) is 10.0 Å². The number of rotatable bonds is 6. The number of hydrogen-bond donors (Lipinski definition) is 2. The fourth-order valence-electron chi connectivity index (χ4n) is 2.60. The molecule has 112 valence electrons. The Morgan fingerprint density at radius 2 is 1.95 bits per heavy atom. The van der Waals surface area contributed by atoms with E-state index in [0.717, 1.165) is 17.4 Å². The van der Waals surface area contributed by atoms with Gasteiger partial charge in [0.15, 0.2) is 0 Å². The van der Waals surface area contributed by atoms with Crippen LogP contribution in [0.1, 0.15) is 37.7 Å². The maximum absolute atomic E-state index is 6.05. The van der Waals surface area contributed by atoms with Gasteiger partial charge in [-0.3, -0.25) is 11.3 Å². The Balaban J connectivity index is 1.83. The van der Waals surface area contributed by atoms with E-state index in [4.69, 9.17) is 29.0 Å². The molecule has 1 aliphatic rings. The Labute approximate surface area is 135 Å². The van der Waals surface area contributed by atoms with Gasteiger partial charge in [-0.15, -0.1) is 0 Å². The molecule has 0 aliphatic heterocycles. The minimum atomic E-state index is 0.277. The number of halogens is 2. The maximum Gasteiger partial charge on any atom is 0.0595 e. The summed E-state index contributed by atoms with van der Waals surface area (Å²) in [5, 5.41) is 2.03. The average molecular weight is 333 g/mol. The van der Waals surface area contributed by atoms with Crippen molar-refractivity contribution in [1.82, 2.24) is 5.43 Å². The molecular weight excluding hydrogens is 311 g/mol. The van der Waals surface area contributed by atoms with E-state index < -0.39 is 0 Å². The highest BCUT2D eigenvalue weighted by atomic mass is 35.5. The van der Waals surface area contributed by atoms with Crippen molar-refractivity contribution in [1.29, 1.82) is 0 Å². The van der Waals surface area contributed by atoms with E-state index in [1.807, 2.05) is 18.2 Å². The molecule has 2 nitrogen and oxygen atoms in total. The topological polar surface area (TPSA) is 38.0 Å². The second-order valence-corrected chi connectivity index (χ2v) is 7.56. The molecule has 2 rings (SSSR count). The molecule has 0 heterocycles. The summed E-state index contributed by atoms with van der Waals surface area (Å²) in [6, 6.07) is 6.07. The SMILES string of the molecule is NNC(CSC1CCCCC1)Cc1ccc(Cl)c(Cl)c1. The Kier molecular flexibility index (Phi) is 6.99. The molecule has 5 heteroatoms. The lowest BCUT2D eigenvalue weighted by Gasteiger charge is -2.23. The number of hydrogen-bond acceptors (Lipinski definition) is 3. The molecule has 3 N–H and O–H groups in total. The minimum Gasteiger partial charge on any atom is -0.271 e. The van der Waals surface area contributed by atoms with Crippen LogP contribution in [0.15, 0.2) is 18.2 Å². The van der Waals surface area contributed by atoms with Crippen LogP contribution in [-0.4, -0.2) is 17.0 Å². The van der Waals surface area contributed by atoms with E-state index in [2.05, 4.69) is 17.2 Å². The summed E-state index contributed by atoms with van der Waals surface area (Å²) in [7, 11) is 0. The molecule has 0 spiro atoms. The Morgan fingerprint density at radius 1 is 1.20 bits per heavy atom. The van der Waals surface area contributed by atoms with E-state index in [1.165, 1.54) is 37.7 Å². The van der Waals surface area contributed by atoms with Crippen LogP contribution in [0.4, 0.5) is 0 Å². The lowest BCUT2D eigenvalue weighted by atomic mass is 10.0. The molecule has 1 fully saturated rings. The predicted molar refractivity (Wildman–Crippen MR) is 90.6 cm³/mol. The zero-order valence-corrected chi connectivity index (χ0v) is 13.9.